The van der Waals surface area contributed by atoms with Crippen LogP contribution in [0.4, 0.5) is 11.4 Å². The van der Waals surface area contributed by atoms with E-state index in [-0.39, 0.29) is 18.4 Å². The Morgan fingerprint density at radius 1 is 0.925 bits per heavy atom. The second-order valence-electron chi connectivity index (χ2n) is 9.55. The van der Waals surface area contributed by atoms with Crippen LogP contribution in [0.3, 0.4) is 0 Å². The van der Waals surface area contributed by atoms with Gasteiger partial charge in [-0.25, -0.2) is 0 Å². The Morgan fingerprint density at radius 3 is 2.45 bits per heavy atom. The van der Waals surface area contributed by atoms with E-state index in [1.165, 1.54) is 6.20 Å². The summed E-state index contributed by atoms with van der Waals surface area (Å²) in [4.78, 5) is 45.8. The molecule has 2 heterocycles. The molecule has 8 nitrogen and oxygen atoms in total. The molecule has 1 aliphatic heterocycles. The molecule has 3 aromatic carbocycles. The second-order valence-corrected chi connectivity index (χ2v) is 9.99. The number of halogens is 1. The van der Waals surface area contributed by atoms with Gasteiger partial charge < -0.3 is 20.9 Å². The van der Waals surface area contributed by atoms with E-state index in [0.717, 1.165) is 22.5 Å². The summed E-state index contributed by atoms with van der Waals surface area (Å²) in [6.45, 7) is 1.31. The number of aromatic nitrogens is 1. The first-order chi connectivity index (χ1) is 19.4. The van der Waals surface area contributed by atoms with Crippen molar-refractivity contribution in [3.63, 3.8) is 0 Å². The first kappa shape index (κ1) is 26.9. The molecule has 3 N–H and O–H groups in total. The predicted molar refractivity (Wildman–Crippen MR) is 155 cm³/mol. The summed E-state index contributed by atoms with van der Waals surface area (Å²) in [5.41, 5.74) is 10.4. The Hall–Kier alpha value is -4.69. The molecule has 0 unspecified atom stereocenters. The Kier molecular flexibility index (Phi) is 8.07. The number of nitrogens with two attached hydrogens (primary N) is 1. The fourth-order valence-corrected chi connectivity index (χ4v) is 4.89. The molecule has 4 aromatic rings. The van der Waals surface area contributed by atoms with Crippen molar-refractivity contribution < 1.29 is 14.4 Å². The van der Waals surface area contributed by atoms with Crippen LogP contribution in [-0.2, 0) is 17.8 Å². The van der Waals surface area contributed by atoms with Crippen LogP contribution in [0.25, 0.3) is 0 Å². The first-order valence-electron chi connectivity index (χ1n) is 12.9. The van der Waals surface area contributed by atoms with Crippen LogP contribution >= 0.6 is 11.6 Å². The molecule has 1 aliphatic rings. The van der Waals surface area contributed by atoms with Gasteiger partial charge in [0, 0.05) is 54.2 Å². The summed E-state index contributed by atoms with van der Waals surface area (Å²) in [5.74, 6) is -0.928. The zero-order valence-corrected chi connectivity index (χ0v) is 22.5. The summed E-state index contributed by atoms with van der Waals surface area (Å²) in [6, 6.07) is 26.1. The van der Waals surface area contributed by atoms with Crippen molar-refractivity contribution in [1.82, 2.24) is 9.88 Å². The number of hydrogen-bond donors (Lipinski definition) is 2. The van der Waals surface area contributed by atoms with Gasteiger partial charge in [-0.15, -0.1) is 0 Å². The van der Waals surface area contributed by atoms with E-state index in [0.29, 0.717) is 47.9 Å². The maximum Gasteiger partial charge on any atom is 0.254 e. The Balaban J connectivity index is 1.27. The number of carbonyl (C=O) groups is 3. The molecule has 202 valence electrons. The van der Waals surface area contributed by atoms with Gasteiger partial charge in [0.15, 0.2) is 0 Å². The number of rotatable bonds is 8. The molecule has 5 rings (SSSR count). The van der Waals surface area contributed by atoms with Crippen LogP contribution in [0.5, 0.6) is 0 Å². The van der Waals surface area contributed by atoms with Crippen LogP contribution in [-0.4, -0.2) is 47.2 Å². The third-order valence-corrected chi connectivity index (χ3v) is 6.97. The van der Waals surface area contributed by atoms with Gasteiger partial charge in [0.1, 0.15) is 6.54 Å². The highest BCUT2D eigenvalue weighted by Crippen LogP contribution is 2.23. The van der Waals surface area contributed by atoms with E-state index in [4.69, 9.17) is 17.3 Å². The minimum Gasteiger partial charge on any atom is -0.380 e. The zero-order valence-electron chi connectivity index (χ0n) is 21.7. The van der Waals surface area contributed by atoms with E-state index in [2.05, 4.69) is 10.3 Å². The van der Waals surface area contributed by atoms with Gasteiger partial charge in [-0.3, -0.25) is 19.4 Å². The molecule has 0 atom stereocenters. The van der Waals surface area contributed by atoms with E-state index in [9.17, 15) is 14.4 Å². The highest BCUT2D eigenvalue weighted by Gasteiger charge is 2.28. The lowest BCUT2D eigenvalue weighted by molar-refractivity contribution is -0.120. The summed E-state index contributed by atoms with van der Waals surface area (Å²) in [6.07, 6.45) is 1.92. The monoisotopic (exact) mass is 553 g/mol. The van der Waals surface area contributed by atoms with Crippen LogP contribution in [0.2, 0.25) is 5.02 Å². The SMILES string of the molecule is NC(=O)c1cnc(Cc2cccc(C(=O)N3CCN(c4cccc(Cl)c4)C(=O)C3)c2)cc1NCc1ccccc1. The molecule has 0 radical (unpaired) electrons. The maximum absolute atomic E-state index is 13.3. The minimum atomic E-state index is -0.563. The zero-order chi connectivity index (χ0) is 28.1. The van der Waals surface area contributed by atoms with Gasteiger partial charge in [-0.2, -0.15) is 0 Å². The van der Waals surface area contributed by atoms with Gasteiger partial charge in [-0.1, -0.05) is 60.1 Å². The molecule has 3 amide bonds. The average Bonchev–Trinajstić information content (AvgIpc) is 2.96. The molecule has 1 fully saturated rings. The number of carbonyl (C=O) groups excluding carboxylic acids is 3. The van der Waals surface area contributed by atoms with E-state index in [1.54, 1.807) is 34.1 Å². The summed E-state index contributed by atoms with van der Waals surface area (Å²) in [5, 5.41) is 3.84. The number of nitrogens with one attached hydrogen (secondary N) is 1. The van der Waals surface area contributed by atoms with Gasteiger partial charge >= 0.3 is 0 Å². The number of nitrogens with zero attached hydrogens (tertiary/aromatic N) is 3. The highest BCUT2D eigenvalue weighted by molar-refractivity contribution is 6.31. The number of piperazine rings is 1. The number of amides is 3. The Morgan fingerprint density at radius 2 is 1.70 bits per heavy atom. The molecule has 1 aromatic heterocycles. The average molecular weight is 554 g/mol. The molecule has 0 saturated carbocycles. The normalized spacial score (nSPS) is 13.3. The number of primary amides is 1. The number of anilines is 2. The molecular weight excluding hydrogens is 526 g/mol. The van der Waals surface area contributed by atoms with Crippen molar-refractivity contribution >= 4 is 40.7 Å². The van der Waals surface area contributed by atoms with E-state index >= 15 is 0 Å². The summed E-state index contributed by atoms with van der Waals surface area (Å²) in [7, 11) is 0. The molecule has 0 spiro atoms. The molecular formula is C31H28ClN5O3. The molecule has 1 saturated heterocycles. The molecule has 9 heteroatoms. The predicted octanol–water partition coefficient (Wildman–Crippen LogP) is 4.53. The quantitative estimate of drug-likeness (QED) is 0.333. The number of pyridine rings is 1. The maximum atomic E-state index is 13.3. The number of benzene rings is 3. The third kappa shape index (κ3) is 6.30. The van der Waals surface area contributed by atoms with E-state index in [1.807, 2.05) is 60.7 Å². The van der Waals surface area contributed by atoms with Crippen LogP contribution in [0.1, 0.15) is 37.5 Å². The lowest BCUT2D eigenvalue weighted by atomic mass is 10.0. The lowest BCUT2D eigenvalue weighted by Gasteiger charge is -2.34. The van der Waals surface area contributed by atoms with Crippen molar-refractivity contribution in [1.29, 1.82) is 0 Å². The summed E-state index contributed by atoms with van der Waals surface area (Å²) >= 11 is 6.08. The van der Waals surface area contributed by atoms with Gasteiger partial charge in [0.2, 0.25) is 5.91 Å². The van der Waals surface area contributed by atoms with Gasteiger partial charge in [0.05, 0.1) is 11.3 Å². The van der Waals surface area contributed by atoms with Crippen LogP contribution < -0.4 is 16.0 Å². The van der Waals surface area contributed by atoms with Gasteiger partial charge in [-0.05, 0) is 47.5 Å². The molecule has 40 heavy (non-hydrogen) atoms. The van der Waals surface area contributed by atoms with Crippen molar-refractivity contribution in [3.05, 3.63) is 124 Å². The fourth-order valence-electron chi connectivity index (χ4n) is 4.70. The van der Waals surface area contributed by atoms with Crippen molar-refractivity contribution in [3.8, 4) is 0 Å². The Bertz CT molecular complexity index is 1560. The van der Waals surface area contributed by atoms with Crippen LogP contribution in [0, 0.1) is 0 Å². The largest absolute Gasteiger partial charge is 0.380 e. The molecule has 0 bridgehead atoms. The van der Waals surface area contributed by atoms with E-state index < -0.39 is 5.91 Å². The van der Waals surface area contributed by atoms with Crippen LogP contribution in [0.15, 0.2) is 91.1 Å². The second kappa shape index (κ2) is 12.0. The van der Waals surface area contributed by atoms with Crippen molar-refractivity contribution in [2.24, 2.45) is 5.73 Å². The minimum absolute atomic E-state index is 0.0118. The molecule has 0 aliphatic carbocycles. The third-order valence-electron chi connectivity index (χ3n) is 6.74. The Labute approximate surface area is 237 Å². The van der Waals surface area contributed by atoms with Crippen molar-refractivity contribution in [2.75, 3.05) is 29.9 Å². The highest BCUT2D eigenvalue weighted by atomic mass is 35.5. The van der Waals surface area contributed by atoms with Crippen molar-refractivity contribution in [2.45, 2.75) is 13.0 Å². The summed E-state index contributed by atoms with van der Waals surface area (Å²) < 4.78 is 0. The van der Waals surface area contributed by atoms with Gasteiger partial charge in [0.25, 0.3) is 11.8 Å². The first-order valence-corrected chi connectivity index (χ1v) is 13.3. The lowest BCUT2D eigenvalue weighted by Crippen LogP contribution is -2.52. The fraction of sp³-hybridized carbons (Fsp3) is 0.161. The smallest absolute Gasteiger partial charge is 0.254 e. The topological polar surface area (TPSA) is 109 Å². The standard InChI is InChI=1S/C31H28ClN5O3/c32-24-10-5-11-26(16-24)37-13-12-36(20-29(37)38)31(40)23-9-4-8-22(14-23)15-25-17-28(27(19-34-25)30(33)39)35-18-21-6-2-1-3-7-21/h1-11,14,16-17,19H,12-13,15,18,20H2,(H2,33,39)(H,34,35). The number of hydrogen-bond acceptors (Lipinski definition) is 5.